The van der Waals surface area contributed by atoms with Crippen molar-refractivity contribution >= 4 is 0 Å². The van der Waals surface area contributed by atoms with Gasteiger partial charge < -0.3 is 4.74 Å². The minimum Gasteiger partial charge on any atom is -0.381 e. The predicted octanol–water partition coefficient (Wildman–Crippen LogP) is 6.95. The molecule has 1 saturated heterocycles. The first kappa shape index (κ1) is 21.0. The van der Waals surface area contributed by atoms with Crippen molar-refractivity contribution in [3.05, 3.63) is 0 Å². The van der Waals surface area contributed by atoms with E-state index >= 15 is 0 Å². The lowest BCUT2D eigenvalue weighted by atomic mass is 9.64. The smallest absolute Gasteiger partial charge is 0.0497 e. The van der Waals surface area contributed by atoms with E-state index in [1.54, 1.807) is 0 Å². The van der Waals surface area contributed by atoms with E-state index in [-0.39, 0.29) is 0 Å². The van der Waals surface area contributed by atoms with Gasteiger partial charge in [0.2, 0.25) is 0 Å². The van der Waals surface area contributed by atoms with Crippen LogP contribution in [0.1, 0.15) is 93.4 Å². The van der Waals surface area contributed by atoms with Gasteiger partial charge in [0, 0.05) is 13.2 Å². The predicted molar refractivity (Wildman–Crippen MR) is 103 cm³/mol. The second-order valence-corrected chi connectivity index (χ2v) is 9.46. The Morgan fingerprint density at radius 3 is 1.43 bits per heavy atom. The molecular formula is C22H44O. The molecule has 0 radical (unpaired) electrons. The van der Waals surface area contributed by atoms with Crippen LogP contribution in [0.5, 0.6) is 0 Å². The van der Waals surface area contributed by atoms with Crippen molar-refractivity contribution in [2.75, 3.05) is 13.2 Å². The quantitative estimate of drug-likeness (QED) is 0.545. The van der Waals surface area contributed by atoms with Crippen LogP contribution in [0.2, 0.25) is 0 Å². The molecule has 0 aromatic carbocycles. The van der Waals surface area contributed by atoms with E-state index in [4.69, 9.17) is 4.74 Å². The van der Waals surface area contributed by atoms with Gasteiger partial charge in [-0.15, -0.1) is 0 Å². The van der Waals surface area contributed by atoms with Gasteiger partial charge in [0.15, 0.2) is 0 Å². The topological polar surface area (TPSA) is 9.23 Å². The molecular weight excluding hydrogens is 280 g/mol. The van der Waals surface area contributed by atoms with Gasteiger partial charge in [-0.25, -0.2) is 0 Å². The molecule has 3 fully saturated rings. The average molecular weight is 325 g/mol. The highest BCUT2D eigenvalue weighted by atomic mass is 16.5. The molecule has 1 atom stereocenters. The van der Waals surface area contributed by atoms with Gasteiger partial charge in [-0.2, -0.15) is 0 Å². The van der Waals surface area contributed by atoms with Crippen molar-refractivity contribution in [3.63, 3.8) is 0 Å². The van der Waals surface area contributed by atoms with Crippen molar-refractivity contribution in [1.82, 2.24) is 0 Å². The van der Waals surface area contributed by atoms with E-state index in [2.05, 4.69) is 48.5 Å². The van der Waals surface area contributed by atoms with Crippen LogP contribution in [-0.2, 0) is 4.74 Å². The molecule has 0 aromatic rings. The van der Waals surface area contributed by atoms with Crippen molar-refractivity contribution in [1.29, 1.82) is 0 Å². The summed E-state index contributed by atoms with van der Waals surface area (Å²) in [6.45, 7) is 18.2. The van der Waals surface area contributed by atoms with Crippen molar-refractivity contribution in [3.8, 4) is 0 Å². The molecule has 1 aliphatic heterocycles. The summed E-state index contributed by atoms with van der Waals surface area (Å²) in [6.07, 6.45) is 10.2. The third kappa shape index (κ3) is 7.16. The fourth-order valence-electron chi connectivity index (χ4n) is 3.50. The van der Waals surface area contributed by atoms with Crippen LogP contribution in [0.25, 0.3) is 0 Å². The van der Waals surface area contributed by atoms with Crippen molar-refractivity contribution in [2.24, 2.45) is 35.0 Å². The van der Waals surface area contributed by atoms with Gasteiger partial charge in [-0.3, -0.25) is 0 Å². The Bertz CT molecular complexity index is 291. The number of hydrogen-bond acceptors (Lipinski definition) is 1. The first-order chi connectivity index (χ1) is 10.8. The standard InChI is InChI=1S/C8H16.C7H14O.C7H14/c1-7(2)8(3)5-4-6-8;1-6(2)7-3-4-8-5-7;1-6(2)7-4-3-5-7/h7H,4-6H2,1-3H3;6-7H,3-5H2,1-2H3;6-7H,3-5H2,1-2H3. The summed E-state index contributed by atoms with van der Waals surface area (Å²) >= 11 is 0. The van der Waals surface area contributed by atoms with Crippen molar-refractivity contribution < 1.29 is 4.74 Å². The molecule has 0 bridgehead atoms. The summed E-state index contributed by atoms with van der Waals surface area (Å²) in [5.41, 5.74) is 0.722. The van der Waals surface area contributed by atoms with Crippen LogP contribution in [0.15, 0.2) is 0 Å². The van der Waals surface area contributed by atoms with E-state index in [9.17, 15) is 0 Å². The molecule has 1 heterocycles. The molecule has 23 heavy (non-hydrogen) atoms. The summed E-state index contributed by atoms with van der Waals surface area (Å²) < 4.78 is 5.22. The zero-order valence-corrected chi connectivity index (χ0v) is 17.2. The summed E-state index contributed by atoms with van der Waals surface area (Å²) in [7, 11) is 0. The van der Waals surface area contributed by atoms with Gasteiger partial charge in [0.1, 0.15) is 0 Å². The SMILES string of the molecule is CC(C)C1(C)CCC1.CC(C)C1CCC1.CC(C)C1CCOC1. The van der Waals surface area contributed by atoms with E-state index in [1.807, 2.05) is 0 Å². The highest BCUT2D eigenvalue weighted by Gasteiger charge is 2.34. The minimum atomic E-state index is 0.722. The molecule has 0 aromatic heterocycles. The molecule has 2 aliphatic carbocycles. The van der Waals surface area contributed by atoms with Crippen LogP contribution in [0.3, 0.4) is 0 Å². The Morgan fingerprint density at radius 2 is 1.35 bits per heavy atom. The lowest BCUT2D eigenvalue weighted by molar-refractivity contribution is 0.0934. The summed E-state index contributed by atoms with van der Waals surface area (Å²) in [6, 6.07) is 0. The largest absolute Gasteiger partial charge is 0.381 e. The van der Waals surface area contributed by atoms with Crippen molar-refractivity contribution in [2.45, 2.75) is 93.4 Å². The second-order valence-electron chi connectivity index (χ2n) is 9.46. The Balaban J connectivity index is 0.000000173. The third-order valence-corrected chi connectivity index (χ3v) is 6.89. The maximum atomic E-state index is 5.22. The molecule has 0 N–H and O–H groups in total. The van der Waals surface area contributed by atoms with Crippen LogP contribution in [0.4, 0.5) is 0 Å². The Hall–Kier alpha value is -0.0400. The summed E-state index contributed by atoms with van der Waals surface area (Å²) in [5.74, 6) is 4.59. The molecule has 0 amide bonds. The van der Waals surface area contributed by atoms with Crippen LogP contribution < -0.4 is 0 Å². The number of ether oxygens (including phenoxy) is 1. The molecule has 3 aliphatic rings. The molecule has 1 heteroatoms. The van der Waals surface area contributed by atoms with E-state index in [1.165, 1.54) is 44.9 Å². The second kappa shape index (κ2) is 10.1. The lowest BCUT2D eigenvalue weighted by Crippen LogP contribution is -2.30. The first-order valence-corrected chi connectivity index (χ1v) is 10.3. The molecule has 0 spiro atoms. The zero-order valence-electron chi connectivity index (χ0n) is 17.2. The Labute approximate surface area is 147 Å². The fourth-order valence-corrected chi connectivity index (χ4v) is 3.50. The van der Waals surface area contributed by atoms with Crippen LogP contribution in [0, 0.1) is 35.0 Å². The highest BCUT2D eigenvalue weighted by molar-refractivity contribution is 4.85. The normalized spacial score (nSPS) is 26.1. The minimum absolute atomic E-state index is 0.722. The Morgan fingerprint density at radius 1 is 0.783 bits per heavy atom. The number of rotatable bonds is 3. The molecule has 3 rings (SSSR count). The van der Waals surface area contributed by atoms with Crippen LogP contribution >= 0.6 is 0 Å². The van der Waals surface area contributed by atoms with E-state index < -0.39 is 0 Å². The lowest BCUT2D eigenvalue weighted by Gasteiger charge is -2.42. The van der Waals surface area contributed by atoms with Gasteiger partial charge >= 0.3 is 0 Å². The van der Waals surface area contributed by atoms with Gasteiger partial charge in [-0.05, 0) is 54.3 Å². The van der Waals surface area contributed by atoms with E-state index in [0.29, 0.717) is 0 Å². The first-order valence-electron chi connectivity index (χ1n) is 10.3. The summed E-state index contributed by atoms with van der Waals surface area (Å²) in [5, 5.41) is 0. The number of hydrogen-bond donors (Lipinski definition) is 0. The zero-order chi connectivity index (χ0) is 17.5. The van der Waals surface area contributed by atoms with Crippen LogP contribution in [-0.4, -0.2) is 13.2 Å². The maximum Gasteiger partial charge on any atom is 0.0497 e. The molecule has 138 valence electrons. The monoisotopic (exact) mass is 324 g/mol. The summed E-state index contributed by atoms with van der Waals surface area (Å²) in [4.78, 5) is 0. The van der Waals surface area contributed by atoms with E-state index in [0.717, 1.165) is 48.2 Å². The molecule has 1 nitrogen and oxygen atoms in total. The Kier molecular flexibility index (Phi) is 9.19. The highest BCUT2D eigenvalue weighted by Crippen LogP contribution is 2.46. The van der Waals surface area contributed by atoms with Gasteiger partial charge in [0.25, 0.3) is 0 Å². The molecule has 2 saturated carbocycles. The fraction of sp³-hybridized carbons (Fsp3) is 1.00. The van der Waals surface area contributed by atoms with Gasteiger partial charge in [-0.1, -0.05) is 74.1 Å². The maximum absolute atomic E-state index is 5.22. The third-order valence-electron chi connectivity index (χ3n) is 6.89. The van der Waals surface area contributed by atoms with Gasteiger partial charge in [0.05, 0.1) is 0 Å². The average Bonchev–Trinajstić information content (AvgIpc) is 2.88. The molecule has 1 unspecified atom stereocenters.